The Morgan fingerprint density at radius 1 is 0.903 bits per heavy atom. The van der Waals surface area contributed by atoms with E-state index in [0.29, 0.717) is 12.8 Å². The number of carboxylic acid groups (broad SMARTS) is 1. The van der Waals surface area contributed by atoms with Crippen molar-refractivity contribution < 1.29 is 24.2 Å². The number of carbonyl (C=O) groups is 3. The summed E-state index contributed by atoms with van der Waals surface area (Å²) in [5, 5.41) is 11.7. The standard InChI is InChI=1S/C25H31NO5/c1-17(2)31-25(30)18(3)15-22(26-23(27)13-14-24(28)29)16-19-9-11-21(12-10-19)20-7-5-4-6-8-20/h4-12,17-18,22H,13-16H2,1-3H3,(H,26,27)(H,28,29)/t18-,22+/m1/s1. The van der Waals surface area contributed by atoms with Crippen molar-refractivity contribution in [1.29, 1.82) is 0 Å². The van der Waals surface area contributed by atoms with Crippen LogP contribution in [0.15, 0.2) is 54.6 Å². The molecule has 6 heteroatoms. The van der Waals surface area contributed by atoms with E-state index in [0.717, 1.165) is 16.7 Å². The van der Waals surface area contributed by atoms with Gasteiger partial charge in [-0.2, -0.15) is 0 Å². The molecule has 166 valence electrons. The number of ether oxygens (including phenoxy) is 1. The highest BCUT2D eigenvalue weighted by molar-refractivity contribution is 5.81. The van der Waals surface area contributed by atoms with Crippen LogP contribution in [0.5, 0.6) is 0 Å². The van der Waals surface area contributed by atoms with Gasteiger partial charge < -0.3 is 15.2 Å². The average Bonchev–Trinajstić information content (AvgIpc) is 2.73. The molecule has 0 unspecified atom stereocenters. The van der Waals surface area contributed by atoms with Crippen molar-refractivity contribution in [2.45, 2.75) is 58.6 Å². The molecule has 1 amide bonds. The largest absolute Gasteiger partial charge is 0.481 e. The molecule has 0 aliphatic rings. The first-order valence-electron chi connectivity index (χ1n) is 10.6. The molecule has 0 bridgehead atoms. The van der Waals surface area contributed by atoms with Gasteiger partial charge in [0.15, 0.2) is 0 Å². The van der Waals surface area contributed by atoms with Gasteiger partial charge in [-0.25, -0.2) is 0 Å². The first-order chi connectivity index (χ1) is 14.7. The molecule has 6 nitrogen and oxygen atoms in total. The van der Waals surface area contributed by atoms with Crippen LogP contribution < -0.4 is 5.32 Å². The highest BCUT2D eigenvalue weighted by Gasteiger charge is 2.23. The summed E-state index contributed by atoms with van der Waals surface area (Å²) < 4.78 is 5.28. The van der Waals surface area contributed by atoms with Crippen molar-refractivity contribution in [3.63, 3.8) is 0 Å². The van der Waals surface area contributed by atoms with Gasteiger partial charge in [-0.15, -0.1) is 0 Å². The third kappa shape index (κ3) is 8.62. The number of hydrogen-bond acceptors (Lipinski definition) is 4. The van der Waals surface area contributed by atoms with E-state index in [-0.39, 0.29) is 36.9 Å². The third-order valence-electron chi connectivity index (χ3n) is 4.87. The van der Waals surface area contributed by atoms with Gasteiger partial charge in [0, 0.05) is 12.5 Å². The lowest BCUT2D eigenvalue weighted by Crippen LogP contribution is -2.39. The molecule has 0 aromatic heterocycles. The summed E-state index contributed by atoms with van der Waals surface area (Å²) in [6.45, 7) is 5.37. The fourth-order valence-electron chi connectivity index (χ4n) is 3.33. The maximum absolute atomic E-state index is 12.2. The molecule has 0 aliphatic carbocycles. The van der Waals surface area contributed by atoms with Crippen LogP contribution in [-0.2, 0) is 25.5 Å². The third-order valence-corrected chi connectivity index (χ3v) is 4.87. The molecule has 2 aromatic rings. The van der Waals surface area contributed by atoms with Crippen LogP contribution >= 0.6 is 0 Å². The second-order valence-electron chi connectivity index (χ2n) is 8.05. The van der Waals surface area contributed by atoms with Crippen LogP contribution in [0, 0.1) is 5.92 Å². The Balaban J connectivity index is 2.08. The van der Waals surface area contributed by atoms with Crippen molar-refractivity contribution in [3.8, 4) is 11.1 Å². The van der Waals surface area contributed by atoms with Crippen LogP contribution in [-0.4, -0.2) is 35.1 Å². The maximum atomic E-state index is 12.2. The second kappa shape index (κ2) is 11.9. The van der Waals surface area contributed by atoms with Crippen molar-refractivity contribution in [2.24, 2.45) is 5.92 Å². The van der Waals surface area contributed by atoms with E-state index >= 15 is 0 Å². The molecule has 2 N–H and O–H groups in total. The SMILES string of the molecule is CC(C)OC(=O)[C@H](C)C[C@@H](Cc1ccc(-c2ccccc2)cc1)NC(=O)CCC(=O)O. The summed E-state index contributed by atoms with van der Waals surface area (Å²) in [6, 6.07) is 17.8. The normalized spacial score (nSPS) is 12.8. The van der Waals surface area contributed by atoms with Gasteiger partial charge in [0.25, 0.3) is 0 Å². The van der Waals surface area contributed by atoms with Crippen molar-refractivity contribution in [3.05, 3.63) is 60.2 Å². The fourth-order valence-corrected chi connectivity index (χ4v) is 3.33. The van der Waals surface area contributed by atoms with E-state index in [2.05, 4.69) is 5.32 Å². The minimum absolute atomic E-state index is 0.0937. The van der Waals surface area contributed by atoms with Crippen LogP contribution in [0.2, 0.25) is 0 Å². The van der Waals surface area contributed by atoms with Crippen molar-refractivity contribution >= 4 is 17.8 Å². The van der Waals surface area contributed by atoms with Crippen molar-refractivity contribution in [2.75, 3.05) is 0 Å². The molecule has 0 radical (unpaired) electrons. The summed E-state index contributed by atoms with van der Waals surface area (Å²) in [6.07, 6.45) is 0.417. The predicted molar refractivity (Wildman–Crippen MR) is 119 cm³/mol. The molecule has 31 heavy (non-hydrogen) atoms. The van der Waals surface area contributed by atoms with Gasteiger partial charge in [0.05, 0.1) is 18.4 Å². The van der Waals surface area contributed by atoms with Crippen molar-refractivity contribution in [1.82, 2.24) is 5.32 Å². The molecule has 0 spiro atoms. The van der Waals surface area contributed by atoms with Gasteiger partial charge in [-0.05, 0) is 43.4 Å². The zero-order valence-corrected chi connectivity index (χ0v) is 18.3. The van der Waals surface area contributed by atoms with Gasteiger partial charge >= 0.3 is 11.9 Å². The molecular formula is C25H31NO5. The highest BCUT2D eigenvalue weighted by Crippen LogP contribution is 2.21. The number of benzene rings is 2. The number of amides is 1. The van der Waals surface area contributed by atoms with Crippen LogP contribution in [0.3, 0.4) is 0 Å². The van der Waals surface area contributed by atoms with Gasteiger partial charge in [0.1, 0.15) is 0 Å². The molecule has 0 saturated heterocycles. The van der Waals surface area contributed by atoms with Crippen LogP contribution in [0.4, 0.5) is 0 Å². The Morgan fingerprint density at radius 3 is 2.10 bits per heavy atom. The smallest absolute Gasteiger partial charge is 0.308 e. The first-order valence-corrected chi connectivity index (χ1v) is 10.6. The monoisotopic (exact) mass is 425 g/mol. The molecule has 0 heterocycles. The van der Waals surface area contributed by atoms with E-state index in [4.69, 9.17) is 9.84 Å². The first kappa shape index (κ1) is 24.1. The molecular weight excluding hydrogens is 394 g/mol. The lowest BCUT2D eigenvalue weighted by molar-refractivity contribution is -0.152. The molecule has 0 fully saturated rings. The topological polar surface area (TPSA) is 92.7 Å². The second-order valence-corrected chi connectivity index (χ2v) is 8.05. The lowest BCUT2D eigenvalue weighted by atomic mass is 9.94. The van der Waals surface area contributed by atoms with Gasteiger partial charge in [0.2, 0.25) is 5.91 Å². The Hall–Kier alpha value is -3.15. The van der Waals surface area contributed by atoms with Crippen LogP contribution in [0.1, 0.15) is 45.6 Å². The number of esters is 1. The van der Waals surface area contributed by atoms with Crippen LogP contribution in [0.25, 0.3) is 11.1 Å². The summed E-state index contributed by atoms with van der Waals surface area (Å²) in [4.78, 5) is 35.2. The van der Waals surface area contributed by atoms with Gasteiger partial charge in [-0.1, -0.05) is 61.5 Å². The number of aliphatic carboxylic acids is 1. The van der Waals surface area contributed by atoms with E-state index in [1.165, 1.54) is 0 Å². The maximum Gasteiger partial charge on any atom is 0.308 e. The highest BCUT2D eigenvalue weighted by atomic mass is 16.5. The number of hydrogen-bond donors (Lipinski definition) is 2. The van der Waals surface area contributed by atoms with E-state index < -0.39 is 11.9 Å². The Labute approximate surface area is 183 Å². The van der Waals surface area contributed by atoms with E-state index in [1.54, 1.807) is 20.8 Å². The molecule has 2 rings (SSSR count). The Bertz CT molecular complexity index is 861. The molecule has 0 saturated carbocycles. The average molecular weight is 426 g/mol. The molecule has 2 atom stereocenters. The summed E-state index contributed by atoms with van der Waals surface area (Å²) >= 11 is 0. The number of nitrogens with one attached hydrogen (secondary N) is 1. The Kier molecular flexibility index (Phi) is 9.25. The number of carboxylic acids is 1. The van der Waals surface area contributed by atoms with E-state index in [9.17, 15) is 14.4 Å². The predicted octanol–water partition coefficient (Wildman–Crippen LogP) is 4.22. The zero-order valence-electron chi connectivity index (χ0n) is 18.3. The number of carbonyl (C=O) groups excluding carboxylic acids is 2. The summed E-state index contributed by atoms with van der Waals surface area (Å²) in [5.41, 5.74) is 3.24. The van der Waals surface area contributed by atoms with Gasteiger partial charge in [-0.3, -0.25) is 14.4 Å². The summed E-state index contributed by atoms with van der Waals surface area (Å²) in [5.74, 6) is -2.05. The quantitative estimate of drug-likeness (QED) is 0.526. The zero-order chi connectivity index (χ0) is 22.8. The number of rotatable bonds is 11. The fraction of sp³-hybridized carbons (Fsp3) is 0.400. The summed E-state index contributed by atoms with van der Waals surface area (Å²) in [7, 11) is 0. The molecule has 2 aromatic carbocycles. The molecule has 0 aliphatic heterocycles. The minimum Gasteiger partial charge on any atom is -0.481 e. The minimum atomic E-state index is -1.02. The van der Waals surface area contributed by atoms with E-state index in [1.807, 2.05) is 54.6 Å². The lowest BCUT2D eigenvalue weighted by Gasteiger charge is -2.22. The Morgan fingerprint density at radius 2 is 1.52 bits per heavy atom.